The van der Waals surface area contributed by atoms with Gasteiger partial charge in [-0.05, 0) is 59.6 Å². The topological polar surface area (TPSA) is 29.0 Å². The Kier molecular flexibility index (Phi) is 5.48. The Bertz CT molecular complexity index is 1200. The second kappa shape index (κ2) is 8.07. The van der Waals surface area contributed by atoms with Crippen molar-refractivity contribution in [1.29, 1.82) is 0 Å². The van der Waals surface area contributed by atoms with Gasteiger partial charge in [-0.1, -0.05) is 51.1 Å². The lowest BCUT2D eigenvalue weighted by molar-refractivity contribution is 0.409. The predicted octanol–water partition coefficient (Wildman–Crippen LogP) is 6.31. The molecule has 0 atom stereocenters. The molecule has 5 heteroatoms. The number of aromatic nitrogens is 1. The molecule has 3 aromatic carbocycles. The highest BCUT2D eigenvalue weighted by Crippen LogP contribution is 2.31. The molecule has 0 radical (unpaired) electrons. The summed E-state index contributed by atoms with van der Waals surface area (Å²) in [5.41, 5.74) is 4.47. The lowest BCUT2D eigenvalue weighted by Gasteiger charge is -2.20. The van der Waals surface area contributed by atoms with Crippen LogP contribution in [0, 0.1) is 11.2 Å². The number of nitrogens with zero attached hydrogens (tertiary/aromatic N) is 1. The molecule has 0 unspecified atom stereocenters. The van der Waals surface area contributed by atoms with E-state index in [1.165, 1.54) is 17.5 Å². The van der Waals surface area contributed by atoms with Crippen molar-refractivity contribution in [2.24, 2.45) is 5.41 Å². The fourth-order valence-electron chi connectivity index (χ4n) is 3.59. The molecule has 1 aromatic heterocycles. The van der Waals surface area contributed by atoms with Crippen LogP contribution in [0.1, 0.15) is 26.3 Å². The molecule has 2 N–H and O–H groups in total. The summed E-state index contributed by atoms with van der Waals surface area (Å²) in [4.78, 5) is 0. The van der Waals surface area contributed by atoms with Crippen LogP contribution in [0.4, 0.5) is 10.1 Å². The molecule has 0 fully saturated rings. The van der Waals surface area contributed by atoms with Crippen LogP contribution < -0.4 is 10.6 Å². The smallest absolute Gasteiger partial charge is 0.170 e. The quantitative estimate of drug-likeness (QED) is 0.380. The van der Waals surface area contributed by atoms with Gasteiger partial charge >= 0.3 is 0 Å². The number of thiocarbonyl (C=S) groups is 1. The predicted molar refractivity (Wildman–Crippen MR) is 129 cm³/mol. The molecule has 0 spiro atoms. The number of hydrogen-bond donors (Lipinski definition) is 2. The SMILES string of the molecule is CC(C)(C)CNC(=S)Nc1ccc2c(c1)c1ccccc1n2Cc1ccc(F)cc1. The van der Waals surface area contributed by atoms with Crippen LogP contribution in [-0.4, -0.2) is 16.2 Å². The van der Waals surface area contributed by atoms with E-state index in [1.807, 2.05) is 24.3 Å². The van der Waals surface area contributed by atoms with Gasteiger partial charge < -0.3 is 15.2 Å². The molecule has 4 aromatic rings. The second-order valence-electron chi connectivity index (χ2n) is 8.83. The van der Waals surface area contributed by atoms with Crippen molar-refractivity contribution in [3.05, 3.63) is 78.1 Å². The number of halogens is 1. The van der Waals surface area contributed by atoms with Crippen LogP contribution in [0.15, 0.2) is 66.7 Å². The first-order valence-electron chi connectivity index (χ1n) is 10.1. The standard InChI is InChI=1S/C25H26FN3S/c1-25(2,3)16-27-24(30)28-19-12-13-23-21(14-19)20-6-4-5-7-22(20)29(23)15-17-8-10-18(26)11-9-17/h4-14H,15-16H2,1-3H3,(H2,27,28,30). The molecule has 0 bridgehead atoms. The first-order valence-corrected chi connectivity index (χ1v) is 10.5. The molecule has 1 heterocycles. The van der Waals surface area contributed by atoms with Gasteiger partial charge in [0.05, 0.1) is 0 Å². The zero-order valence-electron chi connectivity index (χ0n) is 17.5. The Morgan fingerprint density at radius 1 is 0.933 bits per heavy atom. The summed E-state index contributed by atoms with van der Waals surface area (Å²) in [7, 11) is 0. The fourth-order valence-corrected chi connectivity index (χ4v) is 3.78. The summed E-state index contributed by atoms with van der Waals surface area (Å²) >= 11 is 5.47. The molecule has 0 aliphatic heterocycles. The van der Waals surface area contributed by atoms with E-state index in [2.05, 4.69) is 66.3 Å². The molecule has 154 valence electrons. The zero-order chi connectivity index (χ0) is 21.3. The van der Waals surface area contributed by atoms with E-state index in [4.69, 9.17) is 12.2 Å². The molecule has 0 saturated carbocycles. The normalized spacial score (nSPS) is 11.7. The van der Waals surface area contributed by atoms with Crippen molar-refractivity contribution < 1.29 is 4.39 Å². The van der Waals surface area contributed by atoms with Gasteiger partial charge in [0.1, 0.15) is 5.82 Å². The van der Waals surface area contributed by atoms with Crippen LogP contribution >= 0.6 is 12.2 Å². The van der Waals surface area contributed by atoms with Gasteiger partial charge in [0, 0.05) is 40.6 Å². The molecule has 4 rings (SSSR count). The summed E-state index contributed by atoms with van der Waals surface area (Å²) in [5, 5.41) is 9.56. The van der Waals surface area contributed by atoms with E-state index in [9.17, 15) is 4.39 Å². The van der Waals surface area contributed by atoms with Gasteiger partial charge in [0.15, 0.2) is 5.11 Å². The summed E-state index contributed by atoms with van der Waals surface area (Å²) < 4.78 is 15.6. The highest BCUT2D eigenvalue weighted by Gasteiger charge is 2.13. The first-order chi connectivity index (χ1) is 14.3. The average molecular weight is 420 g/mol. The highest BCUT2D eigenvalue weighted by atomic mass is 32.1. The van der Waals surface area contributed by atoms with Crippen molar-refractivity contribution in [1.82, 2.24) is 9.88 Å². The Morgan fingerprint density at radius 2 is 1.63 bits per heavy atom. The van der Waals surface area contributed by atoms with Crippen molar-refractivity contribution in [3.8, 4) is 0 Å². The zero-order valence-corrected chi connectivity index (χ0v) is 18.3. The largest absolute Gasteiger partial charge is 0.362 e. The Morgan fingerprint density at radius 3 is 2.37 bits per heavy atom. The van der Waals surface area contributed by atoms with Gasteiger partial charge in [-0.15, -0.1) is 0 Å². The molecule has 30 heavy (non-hydrogen) atoms. The lowest BCUT2D eigenvalue weighted by Crippen LogP contribution is -2.35. The monoisotopic (exact) mass is 419 g/mol. The third-order valence-electron chi connectivity index (χ3n) is 5.06. The van der Waals surface area contributed by atoms with Crippen molar-refractivity contribution in [3.63, 3.8) is 0 Å². The molecule has 3 nitrogen and oxygen atoms in total. The third-order valence-corrected chi connectivity index (χ3v) is 5.31. The van der Waals surface area contributed by atoms with E-state index in [0.717, 1.165) is 34.2 Å². The number of rotatable bonds is 4. The molecule has 0 amide bonds. The number of fused-ring (bicyclic) bond motifs is 3. The Balaban J connectivity index is 1.68. The second-order valence-corrected chi connectivity index (χ2v) is 9.24. The van der Waals surface area contributed by atoms with Gasteiger partial charge in [0.25, 0.3) is 0 Å². The van der Waals surface area contributed by atoms with Crippen molar-refractivity contribution in [2.75, 3.05) is 11.9 Å². The summed E-state index contributed by atoms with van der Waals surface area (Å²) in [5.74, 6) is -0.215. The molecule has 0 aliphatic carbocycles. The molecular formula is C25H26FN3S. The number of anilines is 1. The number of hydrogen-bond acceptors (Lipinski definition) is 1. The van der Waals surface area contributed by atoms with Gasteiger partial charge in [0.2, 0.25) is 0 Å². The minimum Gasteiger partial charge on any atom is -0.362 e. The molecule has 0 aliphatic rings. The number of para-hydroxylation sites is 1. The lowest BCUT2D eigenvalue weighted by atomic mass is 9.97. The fraction of sp³-hybridized carbons (Fsp3) is 0.240. The van der Waals surface area contributed by atoms with E-state index < -0.39 is 0 Å². The molecular weight excluding hydrogens is 393 g/mol. The van der Waals surface area contributed by atoms with Crippen LogP contribution in [0.3, 0.4) is 0 Å². The Labute approximate surface area is 181 Å². The number of benzene rings is 3. The number of nitrogens with one attached hydrogen (secondary N) is 2. The van der Waals surface area contributed by atoms with Gasteiger partial charge in [-0.25, -0.2) is 4.39 Å². The van der Waals surface area contributed by atoms with Crippen molar-refractivity contribution in [2.45, 2.75) is 27.3 Å². The maximum Gasteiger partial charge on any atom is 0.170 e. The minimum absolute atomic E-state index is 0.156. The Hall–Kier alpha value is -2.92. The highest BCUT2D eigenvalue weighted by molar-refractivity contribution is 7.80. The van der Waals surface area contributed by atoms with E-state index >= 15 is 0 Å². The maximum absolute atomic E-state index is 13.3. The van der Waals surface area contributed by atoms with E-state index in [-0.39, 0.29) is 11.2 Å². The van der Waals surface area contributed by atoms with E-state index in [0.29, 0.717) is 11.7 Å². The van der Waals surface area contributed by atoms with Crippen LogP contribution in [0.25, 0.3) is 21.8 Å². The minimum atomic E-state index is -0.215. The molecule has 0 saturated heterocycles. The summed E-state index contributed by atoms with van der Waals surface area (Å²) in [6.45, 7) is 8.00. The van der Waals surface area contributed by atoms with Crippen LogP contribution in [0.5, 0.6) is 0 Å². The first kappa shape index (κ1) is 20.4. The van der Waals surface area contributed by atoms with Gasteiger partial charge in [-0.3, -0.25) is 0 Å². The van der Waals surface area contributed by atoms with Crippen molar-refractivity contribution >= 4 is 44.8 Å². The third kappa shape index (κ3) is 4.46. The van der Waals surface area contributed by atoms with Crippen LogP contribution in [-0.2, 0) is 6.54 Å². The average Bonchev–Trinajstić information content (AvgIpc) is 3.01. The summed E-state index contributed by atoms with van der Waals surface area (Å²) in [6, 6.07) is 21.4. The van der Waals surface area contributed by atoms with E-state index in [1.54, 1.807) is 0 Å². The van der Waals surface area contributed by atoms with Crippen LogP contribution in [0.2, 0.25) is 0 Å². The maximum atomic E-state index is 13.3. The summed E-state index contributed by atoms with van der Waals surface area (Å²) in [6.07, 6.45) is 0. The van der Waals surface area contributed by atoms with Gasteiger partial charge in [-0.2, -0.15) is 0 Å².